The molecular weight excluding hydrogens is 377 g/mol. The van der Waals surface area contributed by atoms with Crippen molar-refractivity contribution in [1.29, 1.82) is 0 Å². The quantitative estimate of drug-likeness (QED) is 0.767. The number of carbonyl (C=O) groups excluding carboxylic acids is 1. The largest absolute Gasteiger partial charge is 0.494 e. The van der Waals surface area contributed by atoms with E-state index in [1.807, 2.05) is 5.38 Å². The minimum atomic E-state index is -0.430. The van der Waals surface area contributed by atoms with Crippen LogP contribution < -0.4 is 15.4 Å². The molecule has 1 aromatic carbocycles. The van der Waals surface area contributed by atoms with Gasteiger partial charge in [-0.25, -0.2) is 9.37 Å². The summed E-state index contributed by atoms with van der Waals surface area (Å²) in [5.41, 5.74) is 1.30. The highest BCUT2D eigenvalue weighted by molar-refractivity contribution is 7.14. The molecule has 0 aliphatic carbocycles. The summed E-state index contributed by atoms with van der Waals surface area (Å²) in [6.45, 7) is 2.08. The summed E-state index contributed by atoms with van der Waals surface area (Å²) in [7, 11) is 1.43. The molecule has 1 amide bonds. The normalized spacial score (nSPS) is 14.5. The number of benzene rings is 1. The van der Waals surface area contributed by atoms with Crippen molar-refractivity contribution in [2.45, 2.75) is 25.7 Å². The van der Waals surface area contributed by atoms with Crippen LogP contribution in [0.25, 0.3) is 11.3 Å². The molecule has 0 spiro atoms. The highest BCUT2D eigenvalue weighted by Crippen LogP contribution is 2.28. The van der Waals surface area contributed by atoms with Gasteiger partial charge < -0.3 is 15.4 Å². The number of thiazole rings is 1. The van der Waals surface area contributed by atoms with E-state index in [0.29, 0.717) is 28.7 Å². The molecule has 0 bridgehead atoms. The maximum atomic E-state index is 13.8. The number of amides is 1. The van der Waals surface area contributed by atoms with Crippen LogP contribution in [0, 0.1) is 11.7 Å². The number of aromatic nitrogens is 1. The SMILES string of the molecule is COc1ccc(-c2csc(NC(=O)CCC3CCNCC3)n2)cc1F.Cl. The van der Waals surface area contributed by atoms with E-state index in [1.54, 1.807) is 12.1 Å². The van der Waals surface area contributed by atoms with E-state index < -0.39 is 5.82 Å². The Hall–Kier alpha value is -1.70. The fourth-order valence-electron chi connectivity index (χ4n) is 2.98. The van der Waals surface area contributed by atoms with Gasteiger partial charge in [-0.2, -0.15) is 0 Å². The molecule has 1 aromatic heterocycles. The second-order valence-corrected chi connectivity index (χ2v) is 7.03. The first-order valence-electron chi connectivity index (χ1n) is 8.45. The molecule has 1 aliphatic heterocycles. The molecule has 142 valence electrons. The highest BCUT2D eigenvalue weighted by Gasteiger charge is 2.15. The first kappa shape index (κ1) is 20.6. The van der Waals surface area contributed by atoms with E-state index in [0.717, 1.165) is 32.4 Å². The molecule has 2 heterocycles. The predicted molar refractivity (Wildman–Crippen MR) is 105 cm³/mol. The van der Waals surface area contributed by atoms with Crippen molar-refractivity contribution in [3.63, 3.8) is 0 Å². The fraction of sp³-hybridized carbons (Fsp3) is 0.444. The van der Waals surface area contributed by atoms with E-state index in [9.17, 15) is 9.18 Å². The van der Waals surface area contributed by atoms with Crippen LogP contribution in [-0.2, 0) is 4.79 Å². The van der Waals surface area contributed by atoms with Gasteiger partial charge in [0, 0.05) is 17.4 Å². The summed E-state index contributed by atoms with van der Waals surface area (Å²) in [6.07, 6.45) is 3.70. The molecule has 0 unspecified atom stereocenters. The number of carbonyl (C=O) groups is 1. The van der Waals surface area contributed by atoms with Gasteiger partial charge in [0.05, 0.1) is 12.8 Å². The molecule has 1 fully saturated rings. The molecule has 3 rings (SSSR count). The van der Waals surface area contributed by atoms with Gasteiger partial charge in [0.15, 0.2) is 16.7 Å². The monoisotopic (exact) mass is 399 g/mol. The van der Waals surface area contributed by atoms with Gasteiger partial charge in [-0.05, 0) is 56.5 Å². The van der Waals surface area contributed by atoms with Crippen molar-refractivity contribution in [2.75, 3.05) is 25.5 Å². The molecule has 1 saturated heterocycles. The predicted octanol–water partition coefficient (Wildman–Crippen LogP) is 4.10. The van der Waals surface area contributed by atoms with Crippen molar-refractivity contribution in [3.8, 4) is 17.0 Å². The molecule has 2 N–H and O–H groups in total. The van der Waals surface area contributed by atoms with Crippen LogP contribution in [-0.4, -0.2) is 31.1 Å². The average molecular weight is 400 g/mol. The number of rotatable bonds is 6. The van der Waals surface area contributed by atoms with E-state index in [2.05, 4.69) is 15.6 Å². The van der Waals surface area contributed by atoms with Gasteiger partial charge in [-0.15, -0.1) is 23.7 Å². The number of ether oxygens (including phenoxy) is 1. The number of halogens is 2. The van der Waals surface area contributed by atoms with Crippen molar-refractivity contribution < 1.29 is 13.9 Å². The van der Waals surface area contributed by atoms with E-state index in [1.165, 1.54) is 24.5 Å². The molecule has 1 aliphatic rings. The number of piperidine rings is 1. The minimum absolute atomic E-state index is 0. The van der Waals surface area contributed by atoms with Gasteiger partial charge in [0.1, 0.15) is 0 Å². The van der Waals surface area contributed by atoms with Crippen molar-refractivity contribution >= 4 is 34.8 Å². The molecule has 2 aromatic rings. The summed E-state index contributed by atoms with van der Waals surface area (Å²) >= 11 is 1.34. The van der Waals surface area contributed by atoms with Gasteiger partial charge >= 0.3 is 0 Å². The Morgan fingerprint density at radius 2 is 2.19 bits per heavy atom. The van der Waals surface area contributed by atoms with Crippen LogP contribution in [0.5, 0.6) is 5.75 Å². The second-order valence-electron chi connectivity index (χ2n) is 6.17. The maximum Gasteiger partial charge on any atom is 0.226 e. The van der Waals surface area contributed by atoms with Gasteiger partial charge in [0.2, 0.25) is 5.91 Å². The standard InChI is InChI=1S/C18H22FN3O2S.ClH/c1-24-16-4-3-13(10-14(16)19)15-11-25-18(21-15)22-17(23)5-2-12-6-8-20-9-7-12;/h3-4,10-12,20H,2,5-9H2,1H3,(H,21,22,23);1H. The van der Waals surface area contributed by atoms with Crippen LogP contribution in [0.1, 0.15) is 25.7 Å². The first-order chi connectivity index (χ1) is 12.2. The first-order valence-corrected chi connectivity index (χ1v) is 9.33. The van der Waals surface area contributed by atoms with Gasteiger partial charge in [-0.3, -0.25) is 4.79 Å². The van der Waals surface area contributed by atoms with Crippen molar-refractivity contribution in [2.24, 2.45) is 5.92 Å². The van der Waals surface area contributed by atoms with E-state index >= 15 is 0 Å². The van der Waals surface area contributed by atoms with Crippen LogP contribution in [0.15, 0.2) is 23.6 Å². The third-order valence-corrected chi connectivity index (χ3v) is 5.19. The average Bonchev–Trinajstić information content (AvgIpc) is 3.09. The maximum absolute atomic E-state index is 13.8. The summed E-state index contributed by atoms with van der Waals surface area (Å²) in [6, 6.07) is 4.71. The zero-order valence-corrected chi connectivity index (χ0v) is 16.2. The minimum Gasteiger partial charge on any atom is -0.494 e. The van der Waals surface area contributed by atoms with E-state index in [4.69, 9.17) is 4.74 Å². The molecule has 26 heavy (non-hydrogen) atoms. The summed E-state index contributed by atoms with van der Waals surface area (Å²) in [5.74, 6) is 0.382. The van der Waals surface area contributed by atoms with Crippen LogP contribution >= 0.6 is 23.7 Å². The zero-order valence-electron chi connectivity index (χ0n) is 14.6. The van der Waals surface area contributed by atoms with E-state index in [-0.39, 0.29) is 24.1 Å². The Balaban J connectivity index is 0.00000243. The fourth-order valence-corrected chi connectivity index (χ4v) is 3.71. The Kier molecular flexibility index (Phi) is 7.81. The lowest BCUT2D eigenvalue weighted by Gasteiger charge is -2.21. The molecule has 0 radical (unpaired) electrons. The zero-order chi connectivity index (χ0) is 17.6. The lowest BCUT2D eigenvalue weighted by molar-refractivity contribution is -0.116. The molecule has 0 atom stereocenters. The third-order valence-electron chi connectivity index (χ3n) is 4.44. The highest BCUT2D eigenvalue weighted by atomic mass is 35.5. The molecular formula is C18H23ClFN3O2S. The van der Waals surface area contributed by atoms with Crippen molar-refractivity contribution in [1.82, 2.24) is 10.3 Å². The molecule has 5 nitrogen and oxygen atoms in total. The molecule has 8 heteroatoms. The number of nitrogens with zero attached hydrogens (tertiary/aromatic N) is 1. The second kappa shape index (κ2) is 9.85. The topological polar surface area (TPSA) is 63.2 Å². The van der Waals surface area contributed by atoms with Crippen LogP contribution in [0.2, 0.25) is 0 Å². The Morgan fingerprint density at radius 3 is 2.88 bits per heavy atom. The Morgan fingerprint density at radius 1 is 1.42 bits per heavy atom. The summed E-state index contributed by atoms with van der Waals surface area (Å²) in [5, 5.41) is 8.52. The third kappa shape index (κ3) is 5.40. The number of methoxy groups -OCH3 is 1. The number of anilines is 1. The Bertz CT molecular complexity index is 735. The van der Waals surface area contributed by atoms with Gasteiger partial charge in [0.25, 0.3) is 0 Å². The lowest BCUT2D eigenvalue weighted by Crippen LogP contribution is -2.28. The Labute approximate surface area is 162 Å². The van der Waals surface area contributed by atoms with Crippen LogP contribution in [0.3, 0.4) is 0 Å². The number of hydrogen-bond donors (Lipinski definition) is 2. The van der Waals surface area contributed by atoms with Gasteiger partial charge in [-0.1, -0.05) is 0 Å². The van der Waals surface area contributed by atoms with Crippen LogP contribution in [0.4, 0.5) is 9.52 Å². The number of hydrogen-bond acceptors (Lipinski definition) is 5. The van der Waals surface area contributed by atoms with Crippen molar-refractivity contribution in [3.05, 3.63) is 29.4 Å². The smallest absolute Gasteiger partial charge is 0.226 e. The molecule has 0 saturated carbocycles. The summed E-state index contributed by atoms with van der Waals surface area (Å²) in [4.78, 5) is 16.5. The lowest BCUT2D eigenvalue weighted by atomic mass is 9.93. The number of nitrogens with one attached hydrogen (secondary N) is 2. The summed E-state index contributed by atoms with van der Waals surface area (Å²) < 4.78 is 18.7.